The van der Waals surface area contributed by atoms with Gasteiger partial charge in [-0.25, -0.2) is 0 Å². The number of fused-ring (bicyclic) bond motifs is 1. The van der Waals surface area contributed by atoms with E-state index >= 15 is 0 Å². The third kappa shape index (κ3) is 2.88. The fourth-order valence-electron chi connectivity index (χ4n) is 2.99. The summed E-state index contributed by atoms with van der Waals surface area (Å²) in [5, 5.41) is 15.1. The van der Waals surface area contributed by atoms with Crippen LogP contribution in [0.1, 0.15) is 32.3 Å². The first-order chi connectivity index (χ1) is 9.97. The highest BCUT2D eigenvalue weighted by Gasteiger charge is 2.26. The van der Waals surface area contributed by atoms with Crippen molar-refractivity contribution < 1.29 is 4.92 Å². The zero-order valence-corrected chi connectivity index (χ0v) is 12.8. The number of nitro groups is 1. The molecule has 0 bridgehead atoms. The minimum atomic E-state index is -0.348. The molecule has 0 amide bonds. The maximum Gasteiger partial charge on any atom is 0.278 e. The van der Waals surface area contributed by atoms with E-state index in [0.717, 1.165) is 11.1 Å². The van der Waals surface area contributed by atoms with Gasteiger partial charge in [0, 0.05) is 24.2 Å². The van der Waals surface area contributed by atoms with Gasteiger partial charge in [-0.05, 0) is 43.7 Å². The lowest BCUT2D eigenvalue weighted by Gasteiger charge is -2.28. The van der Waals surface area contributed by atoms with Gasteiger partial charge in [-0.3, -0.25) is 15.1 Å². The number of nitrogens with zero attached hydrogens (tertiary/aromatic N) is 2. The van der Waals surface area contributed by atoms with Crippen molar-refractivity contribution in [3.05, 3.63) is 46.1 Å². The van der Waals surface area contributed by atoms with E-state index in [9.17, 15) is 10.1 Å². The first-order valence-electron chi connectivity index (χ1n) is 7.16. The standard InChI is InChI=1S/C16H21N3O2/c1-10(2)15(11(3)17-4)13-7-8-14(19(20)21)12-6-5-9-18-16(12)13/h5-11,15,17H,1-4H3. The van der Waals surface area contributed by atoms with E-state index in [-0.39, 0.29) is 22.6 Å². The second-order valence-corrected chi connectivity index (χ2v) is 5.68. The van der Waals surface area contributed by atoms with Crippen molar-refractivity contribution in [3.63, 3.8) is 0 Å². The van der Waals surface area contributed by atoms with Crippen molar-refractivity contribution in [2.24, 2.45) is 5.92 Å². The van der Waals surface area contributed by atoms with Crippen molar-refractivity contribution in [1.29, 1.82) is 0 Å². The summed E-state index contributed by atoms with van der Waals surface area (Å²) < 4.78 is 0. The molecule has 0 radical (unpaired) electrons. The Hall–Kier alpha value is -2.01. The van der Waals surface area contributed by atoms with Gasteiger partial charge in [0.05, 0.1) is 15.8 Å². The Bertz CT molecular complexity index is 655. The summed E-state index contributed by atoms with van der Waals surface area (Å²) in [5.74, 6) is 0.646. The van der Waals surface area contributed by atoms with Crippen LogP contribution in [-0.2, 0) is 0 Å². The van der Waals surface area contributed by atoms with Crippen LogP contribution in [-0.4, -0.2) is 23.0 Å². The van der Waals surface area contributed by atoms with Gasteiger partial charge >= 0.3 is 0 Å². The molecule has 112 valence electrons. The van der Waals surface area contributed by atoms with Gasteiger partial charge in [0.2, 0.25) is 0 Å². The largest absolute Gasteiger partial charge is 0.317 e. The van der Waals surface area contributed by atoms with Gasteiger partial charge in [-0.2, -0.15) is 0 Å². The quantitative estimate of drug-likeness (QED) is 0.675. The van der Waals surface area contributed by atoms with Gasteiger partial charge in [0.15, 0.2) is 0 Å². The lowest BCUT2D eigenvalue weighted by Crippen LogP contribution is -2.32. The summed E-state index contributed by atoms with van der Waals surface area (Å²) in [6.45, 7) is 6.45. The number of rotatable bonds is 5. The Morgan fingerprint density at radius 3 is 2.52 bits per heavy atom. The molecule has 1 heterocycles. The number of nitrogens with one attached hydrogen (secondary N) is 1. The number of benzene rings is 1. The third-order valence-corrected chi connectivity index (χ3v) is 4.05. The van der Waals surface area contributed by atoms with E-state index < -0.39 is 0 Å². The first-order valence-corrected chi connectivity index (χ1v) is 7.16. The normalized spacial score (nSPS) is 14.3. The fraction of sp³-hybridized carbons (Fsp3) is 0.438. The molecule has 0 saturated heterocycles. The van der Waals surface area contributed by atoms with Crippen LogP contribution in [0.2, 0.25) is 0 Å². The van der Waals surface area contributed by atoms with Crippen LogP contribution < -0.4 is 5.32 Å². The number of aromatic nitrogens is 1. The predicted octanol–water partition coefficient (Wildman–Crippen LogP) is 3.49. The maximum atomic E-state index is 11.2. The smallest absolute Gasteiger partial charge is 0.278 e. The van der Waals surface area contributed by atoms with Crippen LogP contribution >= 0.6 is 0 Å². The molecule has 21 heavy (non-hydrogen) atoms. The topological polar surface area (TPSA) is 68.1 Å². The van der Waals surface area contributed by atoms with Crippen molar-refractivity contribution in [3.8, 4) is 0 Å². The third-order valence-electron chi connectivity index (χ3n) is 4.05. The highest BCUT2D eigenvalue weighted by atomic mass is 16.6. The predicted molar refractivity (Wildman–Crippen MR) is 84.5 cm³/mol. The lowest BCUT2D eigenvalue weighted by molar-refractivity contribution is -0.383. The Balaban J connectivity index is 2.70. The Morgan fingerprint density at radius 2 is 1.95 bits per heavy atom. The van der Waals surface area contributed by atoms with E-state index in [1.54, 1.807) is 24.4 Å². The molecule has 1 aromatic heterocycles. The fourth-order valence-corrected chi connectivity index (χ4v) is 2.99. The molecule has 1 N–H and O–H groups in total. The first kappa shape index (κ1) is 15.4. The van der Waals surface area contributed by atoms with Crippen LogP contribution in [0, 0.1) is 16.0 Å². The number of nitro benzene ring substituents is 1. The summed E-state index contributed by atoms with van der Waals surface area (Å²) >= 11 is 0. The molecule has 2 rings (SSSR count). The summed E-state index contributed by atoms with van der Waals surface area (Å²) in [7, 11) is 1.93. The number of non-ortho nitro benzene ring substituents is 1. The maximum absolute atomic E-state index is 11.2. The van der Waals surface area contributed by atoms with Crippen LogP contribution in [0.4, 0.5) is 5.69 Å². The zero-order chi connectivity index (χ0) is 15.6. The number of hydrogen-bond acceptors (Lipinski definition) is 4. The number of pyridine rings is 1. The molecular formula is C16H21N3O2. The summed E-state index contributed by atoms with van der Waals surface area (Å²) in [5.41, 5.74) is 1.90. The minimum Gasteiger partial charge on any atom is -0.317 e. The summed E-state index contributed by atoms with van der Waals surface area (Å²) in [6.07, 6.45) is 1.69. The van der Waals surface area contributed by atoms with Crippen molar-refractivity contribution >= 4 is 16.6 Å². The second kappa shape index (κ2) is 6.18. The molecule has 0 aliphatic rings. The van der Waals surface area contributed by atoms with Gasteiger partial charge in [0.25, 0.3) is 5.69 Å². The van der Waals surface area contributed by atoms with Gasteiger partial charge < -0.3 is 5.32 Å². The average Bonchev–Trinajstić information content (AvgIpc) is 2.46. The minimum absolute atomic E-state index is 0.112. The zero-order valence-electron chi connectivity index (χ0n) is 12.8. The van der Waals surface area contributed by atoms with Crippen LogP contribution in [0.25, 0.3) is 10.9 Å². The molecule has 0 spiro atoms. The number of likely N-dealkylation sites (N-methyl/N-ethyl adjacent to an activating group) is 1. The molecule has 0 saturated carbocycles. The molecule has 2 unspecified atom stereocenters. The highest BCUT2D eigenvalue weighted by Crippen LogP contribution is 2.35. The number of hydrogen-bond donors (Lipinski definition) is 1. The van der Waals surface area contributed by atoms with E-state index in [4.69, 9.17) is 0 Å². The van der Waals surface area contributed by atoms with Gasteiger partial charge in [-0.15, -0.1) is 0 Å². The van der Waals surface area contributed by atoms with Crippen molar-refractivity contribution in [2.45, 2.75) is 32.7 Å². The van der Waals surface area contributed by atoms with E-state index in [1.807, 2.05) is 13.1 Å². The average molecular weight is 287 g/mol. The molecule has 0 fully saturated rings. The van der Waals surface area contributed by atoms with Crippen LogP contribution in [0.3, 0.4) is 0 Å². The second-order valence-electron chi connectivity index (χ2n) is 5.68. The van der Waals surface area contributed by atoms with Gasteiger partial charge in [-0.1, -0.05) is 13.8 Å². The highest BCUT2D eigenvalue weighted by molar-refractivity contribution is 5.90. The molecule has 1 aromatic carbocycles. The van der Waals surface area contributed by atoms with Gasteiger partial charge in [0.1, 0.15) is 0 Å². The Morgan fingerprint density at radius 1 is 1.24 bits per heavy atom. The van der Waals surface area contributed by atoms with Crippen molar-refractivity contribution in [2.75, 3.05) is 7.05 Å². The summed E-state index contributed by atoms with van der Waals surface area (Å²) in [4.78, 5) is 15.2. The Kier molecular flexibility index (Phi) is 4.53. The van der Waals surface area contributed by atoms with Crippen LogP contribution in [0.15, 0.2) is 30.5 Å². The lowest BCUT2D eigenvalue weighted by atomic mass is 9.82. The molecule has 2 aromatic rings. The molecule has 0 aliphatic heterocycles. The summed E-state index contributed by atoms with van der Waals surface area (Å²) in [6, 6.07) is 7.22. The monoisotopic (exact) mass is 287 g/mol. The molecule has 5 nitrogen and oxygen atoms in total. The van der Waals surface area contributed by atoms with Crippen LogP contribution in [0.5, 0.6) is 0 Å². The van der Waals surface area contributed by atoms with E-state index in [2.05, 4.69) is 31.1 Å². The van der Waals surface area contributed by atoms with Crippen molar-refractivity contribution in [1.82, 2.24) is 10.3 Å². The molecule has 0 aliphatic carbocycles. The Labute approximate surface area is 124 Å². The van der Waals surface area contributed by atoms with E-state index in [0.29, 0.717) is 11.3 Å². The molecular weight excluding hydrogens is 266 g/mol. The molecule has 2 atom stereocenters. The SMILES string of the molecule is CNC(C)C(c1ccc([N+](=O)[O-])c2cccnc12)C(C)C. The molecule has 5 heteroatoms. The van der Waals surface area contributed by atoms with E-state index in [1.165, 1.54) is 0 Å².